The molecule has 0 aliphatic carbocycles. The van der Waals surface area contributed by atoms with Crippen molar-refractivity contribution in [2.24, 2.45) is 0 Å². The third-order valence-electron chi connectivity index (χ3n) is 4.24. The first-order chi connectivity index (χ1) is 11.7. The first-order valence-corrected chi connectivity index (χ1v) is 8.59. The normalized spacial score (nSPS) is 23.2. The van der Waals surface area contributed by atoms with Gasteiger partial charge in [0, 0.05) is 43.0 Å². The number of hydrogen-bond acceptors (Lipinski definition) is 4. The van der Waals surface area contributed by atoms with E-state index in [-0.39, 0.29) is 0 Å². The summed E-state index contributed by atoms with van der Waals surface area (Å²) in [4.78, 5) is 26.7. The van der Waals surface area contributed by atoms with Gasteiger partial charge in [0.15, 0.2) is 0 Å². The average Bonchev–Trinajstić information content (AvgIpc) is 3.21. The van der Waals surface area contributed by atoms with E-state index in [0.717, 1.165) is 19.5 Å². The summed E-state index contributed by atoms with van der Waals surface area (Å²) in [7, 11) is 0. The van der Waals surface area contributed by atoms with Gasteiger partial charge in [-0.3, -0.25) is 9.69 Å². The second-order valence-corrected chi connectivity index (χ2v) is 6.85. The van der Waals surface area contributed by atoms with Crippen LogP contribution in [-0.4, -0.2) is 58.1 Å². The van der Waals surface area contributed by atoms with Gasteiger partial charge in [-0.2, -0.15) is 13.2 Å². The van der Waals surface area contributed by atoms with Crippen LogP contribution in [0.2, 0.25) is 0 Å². The molecule has 0 unspecified atom stereocenters. The Labute approximate surface area is 147 Å². The molecule has 2 aliphatic heterocycles. The van der Waals surface area contributed by atoms with Gasteiger partial charge in [-0.1, -0.05) is 12.1 Å². The number of hydrogen-bond donors (Lipinski definition) is 1. The van der Waals surface area contributed by atoms with Crippen LogP contribution in [0, 0.1) is 0 Å². The molecule has 25 heavy (non-hydrogen) atoms. The Bertz CT molecular complexity index is 619. The van der Waals surface area contributed by atoms with Crippen LogP contribution in [0.25, 0.3) is 0 Å². The van der Waals surface area contributed by atoms with Crippen molar-refractivity contribution in [1.29, 1.82) is 0 Å². The SMILES string of the molecule is C=CCN1C(=O)C[C@H]2[C@@H]1CCN2Cc1cccs1.O=C(O)C(F)(F)F. The molecule has 3 heterocycles. The van der Waals surface area contributed by atoms with Crippen LogP contribution in [0.15, 0.2) is 30.2 Å². The highest BCUT2D eigenvalue weighted by Crippen LogP contribution is 2.33. The van der Waals surface area contributed by atoms with Crippen molar-refractivity contribution in [3.8, 4) is 0 Å². The minimum Gasteiger partial charge on any atom is -0.475 e. The minimum atomic E-state index is -5.08. The summed E-state index contributed by atoms with van der Waals surface area (Å²) in [5, 5.41) is 9.24. The molecule has 0 saturated carbocycles. The molecule has 1 N–H and O–H groups in total. The van der Waals surface area contributed by atoms with Crippen LogP contribution in [0.5, 0.6) is 0 Å². The third kappa shape index (κ3) is 4.82. The topological polar surface area (TPSA) is 60.9 Å². The molecular weight excluding hydrogens is 357 g/mol. The van der Waals surface area contributed by atoms with Crippen LogP contribution in [-0.2, 0) is 16.1 Å². The number of carboxylic acids is 1. The van der Waals surface area contributed by atoms with Gasteiger partial charge in [-0.15, -0.1) is 17.9 Å². The van der Waals surface area contributed by atoms with Crippen molar-refractivity contribution < 1.29 is 27.9 Å². The summed E-state index contributed by atoms with van der Waals surface area (Å²) < 4.78 is 31.7. The van der Waals surface area contributed by atoms with Crippen LogP contribution >= 0.6 is 11.3 Å². The van der Waals surface area contributed by atoms with Crippen LogP contribution in [0.4, 0.5) is 13.2 Å². The van der Waals surface area contributed by atoms with E-state index in [2.05, 4.69) is 29.0 Å². The maximum absolute atomic E-state index is 12.0. The second kappa shape index (κ2) is 8.01. The molecule has 2 fully saturated rings. The molecule has 1 aromatic rings. The first-order valence-electron chi connectivity index (χ1n) is 7.71. The van der Waals surface area contributed by atoms with Gasteiger partial charge in [0.1, 0.15) is 0 Å². The van der Waals surface area contributed by atoms with Crippen molar-refractivity contribution in [1.82, 2.24) is 9.80 Å². The molecule has 1 aromatic heterocycles. The van der Waals surface area contributed by atoms with E-state index < -0.39 is 12.1 Å². The monoisotopic (exact) mass is 376 g/mol. The molecular formula is C16H19F3N2O3S. The minimum absolute atomic E-state index is 0.292. The number of aliphatic carboxylic acids is 1. The van der Waals surface area contributed by atoms with Crippen molar-refractivity contribution in [3.63, 3.8) is 0 Å². The first kappa shape index (κ1) is 19.5. The fourth-order valence-electron chi connectivity index (χ4n) is 3.18. The molecule has 0 aromatic carbocycles. The Morgan fingerprint density at radius 3 is 2.64 bits per heavy atom. The second-order valence-electron chi connectivity index (χ2n) is 5.82. The number of carbonyl (C=O) groups is 2. The predicted molar refractivity (Wildman–Crippen MR) is 87.1 cm³/mol. The van der Waals surface area contributed by atoms with E-state index in [1.165, 1.54) is 4.88 Å². The zero-order valence-electron chi connectivity index (χ0n) is 13.4. The molecule has 0 spiro atoms. The molecule has 3 rings (SSSR count). The zero-order valence-corrected chi connectivity index (χ0v) is 14.2. The Morgan fingerprint density at radius 1 is 1.44 bits per heavy atom. The maximum atomic E-state index is 12.0. The van der Waals surface area contributed by atoms with Gasteiger partial charge < -0.3 is 10.0 Å². The van der Waals surface area contributed by atoms with Gasteiger partial charge in [0.25, 0.3) is 0 Å². The summed E-state index contributed by atoms with van der Waals surface area (Å²) in [6.45, 7) is 6.55. The van der Waals surface area contributed by atoms with Crippen molar-refractivity contribution in [2.45, 2.75) is 37.6 Å². The number of fused-ring (bicyclic) bond motifs is 1. The van der Waals surface area contributed by atoms with E-state index in [4.69, 9.17) is 9.90 Å². The Kier molecular flexibility index (Phi) is 6.23. The van der Waals surface area contributed by atoms with Gasteiger partial charge in [0.2, 0.25) is 5.91 Å². The summed E-state index contributed by atoms with van der Waals surface area (Å²) in [6.07, 6.45) is -1.46. The number of thiophene rings is 1. The van der Waals surface area contributed by atoms with Gasteiger partial charge in [-0.05, 0) is 17.9 Å². The molecule has 0 radical (unpaired) electrons. The van der Waals surface area contributed by atoms with Crippen molar-refractivity contribution in [3.05, 3.63) is 35.0 Å². The summed E-state index contributed by atoms with van der Waals surface area (Å²) in [6, 6.07) is 5.10. The molecule has 0 bridgehead atoms. The summed E-state index contributed by atoms with van der Waals surface area (Å²) >= 11 is 1.80. The van der Waals surface area contributed by atoms with Crippen LogP contribution in [0.1, 0.15) is 17.7 Å². The number of nitrogens with zero attached hydrogens (tertiary/aromatic N) is 2. The highest BCUT2D eigenvalue weighted by molar-refractivity contribution is 7.09. The third-order valence-corrected chi connectivity index (χ3v) is 5.10. The van der Waals surface area contributed by atoms with Crippen LogP contribution in [0.3, 0.4) is 0 Å². The van der Waals surface area contributed by atoms with Gasteiger partial charge in [-0.25, -0.2) is 4.79 Å². The van der Waals surface area contributed by atoms with E-state index >= 15 is 0 Å². The molecule has 1 amide bonds. The van der Waals surface area contributed by atoms with Gasteiger partial charge >= 0.3 is 12.1 Å². The molecule has 138 valence electrons. The summed E-state index contributed by atoms with van der Waals surface area (Å²) in [5.74, 6) is -2.46. The molecule has 9 heteroatoms. The highest BCUT2D eigenvalue weighted by atomic mass is 32.1. The lowest BCUT2D eigenvalue weighted by Gasteiger charge is -2.24. The largest absolute Gasteiger partial charge is 0.490 e. The number of alkyl halides is 3. The quantitative estimate of drug-likeness (QED) is 0.821. The molecule has 5 nitrogen and oxygen atoms in total. The standard InChI is InChI=1S/C14H18N2OS.C2HF3O2/c1-2-6-16-12-5-7-15(13(12)9-14(16)17)10-11-4-3-8-18-11;3-2(4,5)1(6)7/h2-4,8,12-13H,1,5-7,9-10H2;(H,6,7)/t12-,13-;/m0./s1. The van der Waals surface area contributed by atoms with E-state index in [1.807, 2.05) is 11.0 Å². The number of halogens is 3. The number of amides is 1. The maximum Gasteiger partial charge on any atom is 0.490 e. The molecule has 2 saturated heterocycles. The summed E-state index contributed by atoms with van der Waals surface area (Å²) in [5.41, 5.74) is 0. The van der Waals surface area contributed by atoms with E-state index in [0.29, 0.717) is 31.0 Å². The van der Waals surface area contributed by atoms with E-state index in [1.54, 1.807) is 11.3 Å². The number of likely N-dealkylation sites (tertiary alicyclic amines) is 2. The molecule has 2 atom stereocenters. The fraction of sp³-hybridized carbons (Fsp3) is 0.500. The average molecular weight is 376 g/mol. The van der Waals surface area contributed by atoms with Crippen LogP contribution < -0.4 is 0 Å². The lowest BCUT2D eigenvalue weighted by Crippen LogP contribution is -2.37. The number of carbonyl (C=O) groups excluding carboxylic acids is 1. The lowest BCUT2D eigenvalue weighted by atomic mass is 10.1. The Hall–Kier alpha value is -1.87. The van der Waals surface area contributed by atoms with Gasteiger partial charge in [0.05, 0.1) is 0 Å². The number of rotatable bonds is 4. The Balaban J connectivity index is 0.000000277. The fourth-order valence-corrected chi connectivity index (χ4v) is 3.91. The predicted octanol–water partition coefficient (Wildman–Crippen LogP) is 2.74. The lowest BCUT2D eigenvalue weighted by molar-refractivity contribution is -0.192. The Morgan fingerprint density at radius 2 is 2.12 bits per heavy atom. The van der Waals surface area contributed by atoms with Crippen molar-refractivity contribution in [2.75, 3.05) is 13.1 Å². The van der Waals surface area contributed by atoms with Crippen molar-refractivity contribution >= 4 is 23.2 Å². The molecule has 2 aliphatic rings. The number of carboxylic acid groups (broad SMARTS) is 1. The zero-order chi connectivity index (χ0) is 18.6. The smallest absolute Gasteiger partial charge is 0.475 e. The highest BCUT2D eigenvalue weighted by Gasteiger charge is 2.45. The van der Waals surface area contributed by atoms with E-state index in [9.17, 15) is 18.0 Å².